The number of likely N-dealkylation sites (N-methyl/N-ethyl adjacent to an activating group) is 1. The number of aryl methyl sites for hydroxylation is 1. The lowest BCUT2D eigenvalue weighted by Crippen LogP contribution is -2.38. The number of rotatable bonds is 7. The van der Waals surface area contributed by atoms with Crippen molar-refractivity contribution < 1.29 is 13.2 Å². The van der Waals surface area contributed by atoms with E-state index < -0.39 is 12.7 Å². The Bertz CT molecular complexity index is 349. The second-order valence-corrected chi connectivity index (χ2v) is 5.55. The van der Waals surface area contributed by atoms with Crippen molar-refractivity contribution in [2.24, 2.45) is 0 Å². The van der Waals surface area contributed by atoms with E-state index in [2.05, 4.69) is 5.32 Å². The summed E-state index contributed by atoms with van der Waals surface area (Å²) in [6.07, 6.45) is -4.11. The lowest BCUT2D eigenvalue weighted by Gasteiger charge is -2.21. The Balaban J connectivity index is 2.19. The molecule has 1 aromatic rings. The second kappa shape index (κ2) is 7.11. The Morgan fingerprint density at radius 3 is 2.56 bits per heavy atom. The molecule has 0 fully saturated rings. The monoisotopic (exact) mass is 280 g/mol. The van der Waals surface area contributed by atoms with Crippen molar-refractivity contribution in [1.29, 1.82) is 0 Å². The summed E-state index contributed by atoms with van der Waals surface area (Å²) in [6, 6.07) is 4.09. The number of nitrogens with zero attached hydrogens (tertiary/aromatic N) is 1. The number of halogens is 3. The molecule has 1 heterocycles. The van der Waals surface area contributed by atoms with Crippen LogP contribution in [0.5, 0.6) is 0 Å². The van der Waals surface area contributed by atoms with Gasteiger partial charge in [0.2, 0.25) is 0 Å². The standard InChI is InChI=1S/C12H19F3N2S/c1-3-17(9-12(13,14)15)7-6-16-8-11-5-4-10(2)18-11/h4-5,16H,3,6-9H2,1-2H3. The average Bonchev–Trinajstić information content (AvgIpc) is 2.67. The highest BCUT2D eigenvalue weighted by Crippen LogP contribution is 2.16. The quantitative estimate of drug-likeness (QED) is 0.772. The zero-order valence-electron chi connectivity index (χ0n) is 10.7. The Kier molecular flexibility index (Phi) is 6.11. The van der Waals surface area contributed by atoms with Crippen LogP contribution in [0.1, 0.15) is 16.7 Å². The van der Waals surface area contributed by atoms with E-state index in [1.807, 2.05) is 19.1 Å². The molecular formula is C12H19F3N2S. The van der Waals surface area contributed by atoms with Crippen LogP contribution in [0.25, 0.3) is 0 Å². The Labute approximate surface area is 110 Å². The zero-order valence-corrected chi connectivity index (χ0v) is 11.5. The molecule has 0 aliphatic rings. The molecule has 6 heteroatoms. The smallest absolute Gasteiger partial charge is 0.311 e. The minimum atomic E-state index is -4.11. The summed E-state index contributed by atoms with van der Waals surface area (Å²) >= 11 is 1.71. The predicted octanol–water partition coefficient (Wildman–Crippen LogP) is 3.03. The average molecular weight is 280 g/mol. The molecule has 0 saturated carbocycles. The molecule has 0 spiro atoms. The highest BCUT2D eigenvalue weighted by atomic mass is 32.1. The molecule has 18 heavy (non-hydrogen) atoms. The van der Waals surface area contributed by atoms with Gasteiger partial charge in [-0.15, -0.1) is 11.3 Å². The summed E-state index contributed by atoms with van der Waals surface area (Å²) < 4.78 is 36.6. The van der Waals surface area contributed by atoms with Gasteiger partial charge in [0, 0.05) is 29.4 Å². The fraction of sp³-hybridized carbons (Fsp3) is 0.667. The van der Waals surface area contributed by atoms with Crippen molar-refractivity contribution in [3.05, 3.63) is 21.9 Å². The fourth-order valence-electron chi connectivity index (χ4n) is 1.63. The molecule has 0 bridgehead atoms. The van der Waals surface area contributed by atoms with Gasteiger partial charge in [0.15, 0.2) is 0 Å². The minimum Gasteiger partial charge on any atom is -0.311 e. The molecule has 0 atom stereocenters. The van der Waals surface area contributed by atoms with Crippen LogP contribution < -0.4 is 5.32 Å². The van der Waals surface area contributed by atoms with E-state index in [9.17, 15) is 13.2 Å². The molecule has 1 aromatic heterocycles. The van der Waals surface area contributed by atoms with Gasteiger partial charge in [-0.05, 0) is 25.6 Å². The molecule has 0 radical (unpaired) electrons. The molecule has 0 aliphatic carbocycles. The second-order valence-electron chi connectivity index (χ2n) is 4.17. The molecule has 0 aliphatic heterocycles. The molecule has 104 valence electrons. The first-order chi connectivity index (χ1) is 8.40. The highest BCUT2D eigenvalue weighted by Gasteiger charge is 2.29. The number of thiophene rings is 1. The van der Waals surface area contributed by atoms with Crippen LogP contribution >= 0.6 is 11.3 Å². The van der Waals surface area contributed by atoms with Gasteiger partial charge in [-0.1, -0.05) is 6.92 Å². The van der Waals surface area contributed by atoms with Gasteiger partial charge >= 0.3 is 6.18 Å². The maximum Gasteiger partial charge on any atom is 0.401 e. The number of hydrogen-bond acceptors (Lipinski definition) is 3. The molecular weight excluding hydrogens is 261 g/mol. The van der Waals surface area contributed by atoms with Gasteiger partial charge in [0.1, 0.15) is 0 Å². The molecule has 0 saturated heterocycles. The molecule has 1 N–H and O–H groups in total. The van der Waals surface area contributed by atoms with Crippen molar-refractivity contribution in [1.82, 2.24) is 10.2 Å². The molecule has 1 rings (SSSR count). The molecule has 2 nitrogen and oxygen atoms in total. The number of alkyl halides is 3. The first-order valence-corrected chi connectivity index (χ1v) is 6.77. The van der Waals surface area contributed by atoms with E-state index in [0.29, 0.717) is 19.6 Å². The molecule has 0 aromatic carbocycles. The largest absolute Gasteiger partial charge is 0.401 e. The van der Waals surface area contributed by atoms with E-state index in [0.717, 1.165) is 6.54 Å². The third-order valence-corrected chi connectivity index (χ3v) is 3.55. The topological polar surface area (TPSA) is 15.3 Å². The third-order valence-electron chi connectivity index (χ3n) is 2.55. The Morgan fingerprint density at radius 2 is 2.06 bits per heavy atom. The van der Waals surface area contributed by atoms with E-state index in [-0.39, 0.29) is 0 Å². The van der Waals surface area contributed by atoms with Crippen LogP contribution in [0.4, 0.5) is 13.2 Å². The van der Waals surface area contributed by atoms with E-state index >= 15 is 0 Å². The van der Waals surface area contributed by atoms with Crippen LogP contribution in [0.3, 0.4) is 0 Å². The minimum absolute atomic E-state index is 0.416. The lowest BCUT2D eigenvalue weighted by molar-refractivity contribution is -0.145. The first kappa shape index (κ1) is 15.5. The molecule has 0 unspecified atom stereocenters. The number of hydrogen-bond donors (Lipinski definition) is 1. The Hall–Kier alpha value is -0.590. The van der Waals surface area contributed by atoms with E-state index in [1.165, 1.54) is 14.7 Å². The number of nitrogens with one attached hydrogen (secondary N) is 1. The lowest BCUT2D eigenvalue weighted by atomic mass is 10.4. The first-order valence-electron chi connectivity index (χ1n) is 5.96. The summed E-state index contributed by atoms with van der Waals surface area (Å²) in [5.74, 6) is 0. The summed E-state index contributed by atoms with van der Waals surface area (Å²) in [4.78, 5) is 3.86. The maximum absolute atomic E-state index is 12.2. The van der Waals surface area contributed by atoms with Crippen LogP contribution in [0.2, 0.25) is 0 Å². The SMILES string of the molecule is CCN(CCNCc1ccc(C)s1)CC(F)(F)F. The molecule has 0 amide bonds. The summed E-state index contributed by atoms with van der Waals surface area (Å²) in [5, 5.41) is 3.17. The van der Waals surface area contributed by atoms with Crippen molar-refractivity contribution in [2.45, 2.75) is 26.6 Å². The third kappa shape index (κ3) is 6.37. The maximum atomic E-state index is 12.2. The van der Waals surface area contributed by atoms with Gasteiger partial charge in [-0.25, -0.2) is 0 Å². The van der Waals surface area contributed by atoms with Gasteiger partial charge < -0.3 is 5.32 Å². The fourth-order valence-corrected chi connectivity index (χ4v) is 2.49. The van der Waals surface area contributed by atoms with Gasteiger partial charge in [-0.3, -0.25) is 4.90 Å². The van der Waals surface area contributed by atoms with Gasteiger partial charge in [0.05, 0.1) is 6.54 Å². The summed E-state index contributed by atoms with van der Waals surface area (Å²) in [7, 11) is 0. The normalized spacial score (nSPS) is 12.3. The summed E-state index contributed by atoms with van der Waals surface area (Å²) in [6.45, 7) is 5.08. The van der Waals surface area contributed by atoms with Crippen molar-refractivity contribution >= 4 is 11.3 Å². The highest BCUT2D eigenvalue weighted by molar-refractivity contribution is 7.11. The van der Waals surface area contributed by atoms with E-state index in [4.69, 9.17) is 0 Å². The van der Waals surface area contributed by atoms with Crippen molar-refractivity contribution in [3.63, 3.8) is 0 Å². The van der Waals surface area contributed by atoms with Gasteiger partial charge in [-0.2, -0.15) is 13.2 Å². The van der Waals surface area contributed by atoms with Crippen LogP contribution in [0.15, 0.2) is 12.1 Å². The van der Waals surface area contributed by atoms with Crippen LogP contribution in [-0.2, 0) is 6.54 Å². The van der Waals surface area contributed by atoms with Gasteiger partial charge in [0.25, 0.3) is 0 Å². The van der Waals surface area contributed by atoms with E-state index in [1.54, 1.807) is 18.3 Å². The predicted molar refractivity (Wildman–Crippen MR) is 68.9 cm³/mol. The van der Waals surface area contributed by atoms with Crippen molar-refractivity contribution in [2.75, 3.05) is 26.2 Å². The Morgan fingerprint density at radius 1 is 1.33 bits per heavy atom. The van der Waals surface area contributed by atoms with Crippen LogP contribution in [0, 0.1) is 6.92 Å². The van der Waals surface area contributed by atoms with Crippen LogP contribution in [-0.4, -0.2) is 37.3 Å². The van der Waals surface area contributed by atoms with Crippen molar-refractivity contribution in [3.8, 4) is 0 Å². The summed E-state index contributed by atoms with van der Waals surface area (Å²) in [5.41, 5.74) is 0. The zero-order chi connectivity index (χ0) is 13.6.